The van der Waals surface area contributed by atoms with Crippen molar-refractivity contribution in [2.24, 2.45) is 0 Å². The van der Waals surface area contributed by atoms with E-state index in [1.165, 1.54) is 6.33 Å². The highest BCUT2D eigenvalue weighted by Gasteiger charge is 2.10. The summed E-state index contributed by atoms with van der Waals surface area (Å²) >= 11 is 0. The normalized spacial score (nSPS) is 10.3. The van der Waals surface area contributed by atoms with Gasteiger partial charge < -0.3 is 15.3 Å². The second-order valence-electron chi connectivity index (χ2n) is 5.01. The number of carbonyl (C=O) groups is 1. The van der Waals surface area contributed by atoms with Gasteiger partial charge in [-0.2, -0.15) is 0 Å². The Morgan fingerprint density at radius 2 is 2.09 bits per heavy atom. The van der Waals surface area contributed by atoms with E-state index in [9.17, 15) is 9.90 Å². The molecule has 0 aliphatic rings. The number of unbranched alkanes of at least 4 members (excludes halogenated alkanes) is 1. The van der Waals surface area contributed by atoms with Crippen molar-refractivity contribution in [1.29, 1.82) is 0 Å². The van der Waals surface area contributed by atoms with E-state index in [2.05, 4.69) is 27.1 Å². The minimum absolute atomic E-state index is 0.210. The first-order chi connectivity index (χ1) is 10.6. The molecule has 116 valence electrons. The van der Waals surface area contributed by atoms with Crippen LogP contribution in [0.4, 0.5) is 17.3 Å². The van der Waals surface area contributed by atoms with Gasteiger partial charge in [0.1, 0.15) is 18.0 Å². The second kappa shape index (κ2) is 7.40. The van der Waals surface area contributed by atoms with Crippen LogP contribution in [0, 0.1) is 0 Å². The number of anilines is 3. The molecule has 22 heavy (non-hydrogen) atoms. The van der Waals surface area contributed by atoms with Crippen LogP contribution in [0.2, 0.25) is 0 Å². The van der Waals surface area contributed by atoms with Crippen LogP contribution in [-0.4, -0.2) is 34.6 Å². The minimum atomic E-state index is -0.975. The van der Waals surface area contributed by atoms with Gasteiger partial charge in [0, 0.05) is 19.7 Å². The molecule has 0 spiro atoms. The molecule has 6 heteroatoms. The molecule has 0 atom stereocenters. The summed E-state index contributed by atoms with van der Waals surface area (Å²) in [6.45, 7) is 3.06. The third-order valence-electron chi connectivity index (χ3n) is 3.31. The predicted molar refractivity (Wildman–Crippen MR) is 86.9 cm³/mol. The Morgan fingerprint density at radius 3 is 2.82 bits per heavy atom. The van der Waals surface area contributed by atoms with Gasteiger partial charge in [0.05, 0.1) is 11.3 Å². The largest absolute Gasteiger partial charge is 0.478 e. The number of rotatable bonds is 7. The second-order valence-corrected chi connectivity index (χ2v) is 5.01. The number of aromatic carboxylic acids is 1. The number of benzene rings is 1. The van der Waals surface area contributed by atoms with Crippen molar-refractivity contribution >= 4 is 23.3 Å². The first kappa shape index (κ1) is 15.8. The SMILES string of the molecule is CCCCN(C)c1cc(Nc2ccccc2C(=O)O)ncn1. The third-order valence-corrected chi connectivity index (χ3v) is 3.31. The van der Waals surface area contributed by atoms with Crippen LogP contribution in [0.1, 0.15) is 30.1 Å². The maximum Gasteiger partial charge on any atom is 0.337 e. The molecule has 0 aliphatic carbocycles. The third kappa shape index (κ3) is 3.94. The number of hydrogen-bond donors (Lipinski definition) is 2. The summed E-state index contributed by atoms with van der Waals surface area (Å²) in [5, 5.41) is 12.2. The molecule has 1 aromatic heterocycles. The fraction of sp³-hybridized carbons (Fsp3) is 0.312. The van der Waals surface area contributed by atoms with Crippen molar-refractivity contribution in [1.82, 2.24) is 9.97 Å². The molecule has 0 unspecified atom stereocenters. The molecule has 1 aromatic carbocycles. The Morgan fingerprint density at radius 1 is 1.32 bits per heavy atom. The van der Waals surface area contributed by atoms with Crippen molar-refractivity contribution in [2.45, 2.75) is 19.8 Å². The first-order valence-electron chi connectivity index (χ1n) is 7.24. The van der Waals surface area contributed by atoms with Crippen LogP contribution in [-0.2, 0) is 0 Å². The van der Waals surface area contributed by atoms with Gasteiger partial charge in [-0.3, -0.25) is 0 Å². The van der Waals surface area contributed by atoms with E-state index in [4.69, 9.17) is 0 Å². The molecule has 6 nitrogen and oxygen atoms in total. The molecule has 0 amide bonds. The van der Waals surface area contributed by atoms with Crippen molar-refractivity contribution in [3.8, 4) is 0 Å². The fourth-order valence-corrected chi connectivity index (χ4v) is 2.05. The molecule has 0 radical (unpaired) electrons. The summed E-state index contributed by atoms with van der Waals surface area (Å²) in [6, 6.07) is 8.56. The summed E-state index contributed by atoms with van der Waals surface area (Å²) in [5.41, 5.74) is 0.720. The lowest BCUT2D eigenvalue weighted by Crippen LogP contribution is -2.19. The lowest BCUT2D eigenvalue weighted by Gasteiger charge is -2.18. The van der Waals surface area contributed by atoms with Crippen molar-refractivity contribution in [2.75, 3.05) is 23.8 Å². The summed E-state index contributed by atoms with van der Waals surface area (Å²) in [7, 11) is 1.98. The molecule has 2 rings (SSSR count). The van der Waals surface area contributed by atoms with E-state index < -0.39 is 5.97 Å². The number of para-hydroxylation sites is 1. The van der Waals surface area contributed by atoms with E-state index in [0.29, 0.717) is 11.5 Å². The quantitative estimate of drug-likeness (QED) is 0.818. The number of nitrogens with zero attached hydrogens (tertiary/aromatic N) is 3. The van der Waals surface area contributed by atoms with Crippen LogP contribution in [0.3, 0.4) is 0 Å². The van der Waals surface area contributed by atoms with E-state index >= 15 is 0 Å². The molecular formula is C16H20N4O2. The molecule has 0 fully saturated rings. The van der Waals surface area contributed by atoms with Gasteiger partial charge in [-0.25, -0.2) is 14.8 Å². The monoisotopic (exact) mass is 300 g/mol. The van der Waals surface area contributed by atoms with Crippen molar-refractivity contribution in [3.05, 3.63) is 42.2 Å². The standard InChI is InChI=1S/C16H20N4O2/c1-3-4-9-20(2)15-10-14(17-11-18-15)19-13-8-6-5-7-12(13)16(21)22/h5-8,10-11H,3-4,9H2,1-2H3,(H,21,22)(H,17,18,19). The van der Waals surface area contributed by atoms with E-state index in [0.717, 1.165) is 25.2 Å². The van der Waals surface area contributed by atoms with Crippen LogP contribution in [0.15, 0.2) is 36.7 Å². The highest BCUT2D eigenvalue weighted by Crippen LogP contribution is 2.21. The summed E-state index contributed by atoms with van der Waals surface area (Å²) in [5.74, 6) is 0.401. The molecule has 0 aliphatic heterocycles. The number of carboxylic acids is 1. The zero-order valence-corrected chi connectivity index (χ0v) is 12.8. The first-order valence-corrected chi connectivity index (χ1v) is 7.24. The molecule has 0 bridgehead atoms. The molecule has 0 saturated carbocycles. The van der Waals surface area contributed by atoms with Crippen LogP contribution in [0.25, 0.3) is 0 Å². The molecule has 0 saturated heterocycles. The Balaban J connectivity index is 2.19. The molecule has 2 aromatic rings. The smallest absolute Gasteiger partial charge is 0.337 e. The summed E-state index contributed by atoms with van der Waals surface area (Å²) in [4.78, 5) is 21.7. The number of carboxylic acid groups (broad SMARTS) is 1. The Kier molecular flexibility index (Phi) is 5.30. The highest BCUT2D eigenvalue weighted by molar-refractivity contribution is 5.95. The zero-order valence-electron chi connectivity index (χ0n) is 12.8. The van der Waals surface area contributed by atoms with Gasteiger partial charge >= 0.3 is 5.97 Å². The summed E-state index contributed by atoms with van der Waals surface area (Å²) in [6.07, 6.45) is 3.68. The van der Waals surface area contributed by atoms with Gasteiger partial charge in [-0.1, -0.05) is 25.5 Å². The number of hydrogen-bond acceptors (Lipinski definition) is 5. The van der Waals surface area contributed by atoms with Gasteiger partial charge in [0.25, 0.3) is 0 Å². The Hall–Kier alpha value is -2.63. The van der Waals surface area contributed by atoms with Crippen LogP contribution in [0.5, 0.6) is 0 Å². The average molecular weight is 300 g/mol. The zero-order chi connectivity index (χ0) is 15.9. The van der Waals surface area contributed by atoms with Gasteiger partial charge in [0.2, 0.25) is 0 Å². The highest BCUT2D eigenvalue weighted by atomic mass is 16.4. The van der Waals surface area contributed by atoms with Gasteiger partial charge in [-0.05, 0) is 18.6 Å². The number of aromatic nitrogens is 2. The Bertz CT molecular complexity index is 646. The molecule has 1 heterocycles. The number of nitrogens with one attached hydrogen (secondary N) is 1. The van der Waals surface area contributed by atoms with E-state index in [1.54, 1.807) is 24.3 Å². The molecule has 2 N–H and O–H groups in total. The lowest BCUT2D eigenvalue weighted by molar-refractivity contribution is 0.0698. The maximum atomic E-state index is 11.2. The molecular weight excluding hydrogens is 280 g/mol. The lowest BCUT2D eigenvalue weighted by atomic mass is 10.2. The topological polar surface area (TPSA) is 78.4 Å². The van der Waals surface area contributed by atoms with Gasteiger partial charge in [-0.15, -0.1) is 0 Å². The van der Waals surface area contributed by atoms with E-state index in [-0.39, 0.29) is 5.56 Å². The van der Waals surface area contributed by atoms with Crippen molar-refractivity contribution < 1.29 is 9.90 Å². The summed E-state index contributed by atoms with van der Waals surface area (Å²) < 4.78 is 0. The van der Waals surface area contributed by atoms with Crippen LogP contribution < -0.4 is 10.2 Å². The van der Waals surface area contributed by atoms with Crippen molar-refractivity contribution in [3.63, 3.8) is 0 Å². The average Bonchev–Trinajstić information content (AvgIpc) is 2.53. The van der Waals surface area contributed by atoms with E-state index in [1.807, 2.05) is 13.1 Å². The minimum Gasteiger partial charge on any atom is -0.478 e. The fourth-order valence-electron chi connectivity index (χ4n) is 2.05. The van der Waals surface area contributed by atoms with Crippen LogP contribution >= 0.6 is 0 Å². The Labute approximate surface area is 129 Å². The van der Waals surface area contributed by atoms with Gasteiger partial charge in [0.15, 0.2) is 0 Å². The maximum absolute atomic E-state index is 11.2. The predicted octanol–water partition coefficient (Wildman–Crippen LogP) is 3.15.